The first-order valence-electron chi connectivity index (χ1n) is 7.23. The smallest absolute Gasteiger partial charge is 0.166 e. The van der Waals surface area contributed by atoms with Gasteiger partial charge in [-0.25, -0.2) is 0 Å². The second kappa shape index (κ2) is 8.15. The first-order chi connectivity index (χ1) is 10.6. The Hall–Kier alpha value is -1.59. The Kier molecular flexibility index (Phi) is 6.21. The Morgan fingerprint density at radius 1 is 1.18 bits per heavy atom. The molecule has 1 aromatic carbocycles. The zero-order chi connectivity index (χ0) is 15.9. The second-order valence-corrected chi connectivity index (χ2v) is 6.14. The molecule has 1 aromatic heterocycles. The molecule has 5 heteroatoms. The van der Waals surface area contributed by atoms with Crippen LogP contribution >= 0.6 is 15.9 Å². The Morgan fingerprint density at radius 2 is 1.91 bits per heavy atom. The van der Waals surface area contributed by atoms with Crippen molar-refractivity contribution < 1.29 is 9.47 Å². The molecule has 0 bridgehead atoms. The van der Waals surface area contributed by atoms with Crippen molar-refractivity contribution in [3.8, 4) is 11.5 Å². The van der Waals surface area contributed by atoms with Crippen LogP contribution in [0.2, 0.25) is 0 Å². The van der Waals surface area contributed by atoms with Crippen molar-refractivity contribution >= 4 is 15.9 Å². The zero-order valence-corrected chi connectivity index (χ0v) is 14.7. The summed E-state index contributed by atoms with van der Waals surface area (Å²) in [5.41, 5.74) is 2.26. The predicted molar refractivity (Wildman–Crippen MR) is 91.2 cm³/mol. The lowest BCUT2D eigenvalue weighted by atomic mass is 10.1. The molecule has 0 saturated carbocycles. The maximum absolute atomic E-state index is 5.93. The van der Waals surface area contributed by atoms with E-state index in [1.165, 1.54) is 5.56 Å². The number of hydrogen-bond donors (Lipinski definition) is 1. The highest BCUT2D eigenvalue weighted by atomic mass is 79.9. The molecule has 2 aromatic rings. The number of nitrogens with one attached hydrogen (secondary N) is 1. The van der Waals surface area contributed by atoms with Gasteiger partial charge in [-0.3, -0.25) is 4.98 Å². The normalized spacial score (nSPS) is 10.8. The van der Waals surface area contributed by atoms with Crippen LogP contribution in [-0.4, -0.2) is 18.2 Å². The molecular formula is C17H21BrN2O2. The van der Waals surface area contributed by atoms with Crippen molar-refractivity contribution in [1.29, 1.82) is 0 Å². The maximum atomic E-state index is 5.93. The molecule has 0 spiro atoms. The van der Waals surface area contributed by atoms with Crippen LogP contribution in [-0.2, 0) is 13.1 Å². The third-order valence-corrected chi connectivity index (χ3v) is 3.52. The molecule has 0 atom stereocenters. The van der Waals surface area contributed by atoms with E-state index >= 15 is 0 Å². The van der Waals surface area contributed by atoms with Gasteiger partial charge in [0, 0.05) is 35.5 Å². The Balaban J connectivity index is 2.12. The molecule has 0 saturated heterocycles. The molecule has 1 heterocycles. The molecule has 4 nitrogen and oxygen atoms in total. The van der Waals surface area contributed by atoms with Crippen LogP contribution in [0.5, 0.6) is 11.5 Å². The second-order valence-electron chi connectivity index (χ2n) is 5.22. The summed E-state index contributed by atoms with van der Waals surface area (Å²) in [7, 11) is 1.66. The van der Waals surface area contributed by atoms with Gasteiger partial charge in [0.05, 0.1) is 13.2 Å². The number of rotatable bonds is 7. The lowest BCUT2D eigenvalue weighted by Crippen LogP contribution is -2.15. The molecule has 0 fully saturated rings. The van der Waals surface area contributed by atoms with Gasteiger partial charge < -0.3 is 14.8 Å². The topological polar surface area (TPSA) is 43.4 Å². The van der Waals surface area contributed by atoms with E-state index in [0.29, 0.717) is 6.54 Å². The van der Waals surface area contributed by atoms with E-state index in [-0.39, 0.29) is 6.10 Å². The van der Waals surface area contributed by atoms with Crippen molar-refractivity contribution in [2.45, 2.75) is 33.0 Å². The monoisotopic (exact) mass is 364 g/mol. The van der Waals surface area contributed by atoms with Crippen LogP contribution in [0.25, 0.3) is 0 Å². The highest BCUT2D eigenvalue weighted by Crippen LogP contribution is 2.35. The van der Waals surface area contributed by atoms with Gasteiger partial charge in [-0.1, -0.05) is 15.9 Å². The van der Waals surface area contributed by atoms with E-state index in [9.17, 15) is 0 Å². The number of methoxy groups -OCH3 is 1. The fraction of sp³-hybridized carbons (Fsp3) is 0.353. The molecule has 0 aliphatic rings. The molecular weight excluding hydrogens is 344 g/mol. The van der Waals surface area contributed by atoms with Crippen LogP contribution < -0.4 is 14.8 Å². The summed E-state index contributed by atoms with van der Waals surface area (Å²) in [6.07, 6.45) is 3.69. The molecule has 0 aliphatic carbocycles. The first-order valence-corrected chi connectivity index (χ1v) is 8.02. The van der Waals surface area contributed by atoms with Gasteiger partial charge >= 0.3 is 0 Å². The zero-order valence-electron chi connectivity index (χ0n) is 13.1. The molecule has 0 radical (unpaired) electrons. The van der Waals surface area contributed by atoms with Gasteiger partial charge in [-0.15, -0.1) is 0 Å². The van der Waals surface area contributed by atoms with E-state index in [1.54, 1.807) is 19.5 Å². The third kappa shape index (κ3) is 4.71. The summed E-state index contributed by atoms with van der Waals surface area (Å²) in [4.78, 5) is 4.02. The number of pyridine rings is 1. The quantitative estimate of drug-likeness (QED) is 0.808. The Labute approximate surface area is 140 Å². The number of benzene rings is 1. The summed E-state index contributed by atoms with van der Waals surface area (Å²) >= 11 is 3.52. The SMILES string of the molecule is COc1cc(Br)cc(CNCc2ccncc2)c1OC(C)C. The average Bonchev–Trinajstić information content (AvgIpc) is 2.50. The summed E-state index contributed by atoms with van der Waals surface area (Å²) in [6.45, 7) is 5.49. The van der Waals surface area contributed by atoms with Crippen molar-refractivity contribution in [1.82, 2.24) is 10.3 Å². The number of aromatic nitrogens is 1. The van der Waals surface area contributed by atoms with E-state index < -0.39 is 0 Å². The standard InChI is InChI=1S/C17H21BrN2O2/c1-12(2)22-17-14(8-15(18)9-16(17)21-3)11-20-10-13-4-6-19-7-5-13/h4-9,12,20H,10-11H2,1-3H3. The number of nitrogens with zero attached hydrogens (tertiary/aromatic N) is 1. The number of hydrogen-bond acceptors (Lipinski definition) is 4. The lowest BCUT2D eigenvalue weighted by Gasteiger charge is -2.18. The van der Waals surface area contributed by atoms with Crippen molar-refractivity contribution in [2.75, 3.05) is 7.11 Å². The van der Waals surface area contributed by atoms with Crippen LogP contribution in [0.3, 0.4) is 0 Å². The minimum absolute atomic E-state index is 0.0917. The lowest BCUT2D eigenvalue weighted by molar-refractivity contribution is 0.227. The average molecular weight is 365 g/mol. The molecule has 2 rings (SSSR count). The minimum Gasteiger partial charge on any atom is -0.493 e. The Morgan fingerprint density at radius 3 is 2.55 bits per heavy atom. The molecule has 0 aliphatic heterocycles. The summed E-state index contributed by atoms with van der Waals surface area (Å²) < 4.78 is 12.3. The van der Waals surface area contributed by atoms with Crippen LogP contribution in [0.4, 0.5) is 0 Å². The summed E-state index contributed by atoms with van der Waals surface area (Å²) in [6, 6.07) is 7.98. The van der Waals surface area contributed by atoms with E-state index in [2.05, 4.69) is 32.3 Å². The number of halogens is 1. The van der Waals surface area contributed by atoms with E-state index in [4.69, 9.17) is 9.47 Å². The van der Waals surface area contributed by atoms with Crippen molar-refractivity contribution in [3.05, 3.63) is 52.3 Å². The third-order valence-electron chi connectivity index (χ3n) is 3.06. The van der Waals surface area contributed by atoms with E-state index in [1.807, 2.05) is 32.0 Å². The highest BCUT2D eigenvalue weighted by Gasteiger charge is 2.14. The van der Waals surface area contributed by atoms with Crippen molar-refractivity contribution in [2.24, 2.45) is 0 Å². The van der Waals surface area contributed by atoms with Crippen LogP contribution in [0.1, 0.15) is 25.0 Å². The minimum atomic E-state index is 0.0917. The molecule has 118 valence electrons. The van der Waals surface area contributed by atoms with Gasteiger partial charge in [-0.05, 0) is 43.7 Å². The number of ether oxygens (including phenoxy) is 2. The molecule has 0 amide bonds. The molecule has 22 heavy (non-hydrogen) atoms. The summed E-state index contributed by atoms with van der Waals surface area (Å²) in [5, 5.41) is 3.43. The van der Waals surface area contributed by atoms with Gasteiger partial charge in [0.15, 0.2) is 11.5 Å². The van der Waals surface area contributed by atoms with Gasteiger partial charge in [-0.2, -0.15) is 0 Å². The molecule has 1 N–H and O–H groups in total. The maximum Gasteiger partial charge on any atom is 0.166 e. The van der Waals surface area contributed by atoms with Crippen LogP contribution in [0, 0.1) is 0 Å². The fourth-order valence-corrected chi connectivity index (χ4v) is 2.60. The summed E-state index contributed by atoms with van der Waals surface area (Å²) in [5.74, 6) is 1.53. The van der Waals surface area contributed by atoms with Gasteiger partial charge in [0.1, 0.15) is 0 Å². The Bertz CT molecular complexity index is 603. The van der Waals surface area contributed by atoms with Crippen LogP contribution in [0.15, 0.2) is 41.1 Å². The molecule has 0 unspecified atom stereocenters. The highest BCUT2D eigenvalue weighted by molar-refractivity contribution is 9.10. The largest absolute Gasteiger partial charge is 0.493 e. The van der Waals surface area contributed by atoms with Gasteiger partial charge in [0.2, 0.25) is 0 Å². The fourth-order valence-electron chi connectivity index (χ4n) is 2.12. The first kappa shape index (κ1) is 16.8. The van der Waals surface area contributed by atoms with Gasteiger partial charge in [0.25, 0.3) is 0 Å². The predicted octanol–water partition coefficient (Wildman–Crippen LogP) is 3.93. The van der Waals surface area contributed by atoms with Crippen molar-refractivity contribution in [3.63, 3.8) is 0 Å². The van der Waals surface area contributed by atoms with E-state index in [0.717, 1.165) is 28.1 Å².